The largest absolute Gasteiger partial charge is 0.433 e. The van der Waals surface area contributed by atoms with Gasteiger partial charge in [0.15, 0.2) is 11.5 Å². The standard InChI is InChI=1S/C21H17F3N6/c1-14(15-5-7-17(8-6-15)30-11-3-10-26-30)27-19-12-18(21(22,23)24)28-20(29-19)16-4-2-9-25-13-16/h2-14H,1H3,(H,27,28,29). The summed E-state index contributed by atoms with van der Waals surface area (Å²) in [4.78, 5) is 11.9. The Kier molecular flexibility index (Phi) is 5.18. The molecule has 0 saturated heterocycles. The molecule has 0 aliphatic carbocycles. The maximum Gasteiger partial charge on any atom is 0.433 e. The topological polar surface area (TPSA) is 68.5 Å². The van der Waals surface area contributed by atoms with Crippen LogP contribution in [0, 0.1) is 0 Å². The SMILES string of the molecule is CC(Nc1cc(C(F)(F)F)nc(-c2cccnc2)n1)c1ccc(-n2cccn2)cc1. The van der Waals surface area contributed by atoms with Crippen LogP contribution in [-0.2, 0) is 6.18 Å². The Labute approximate surface area is 170 Å². The predicted molar refractivity (Wildman–Crippen MR) is 106 cm³/mol. The van der Waals surface area contributed by atoms with Gasteiger partial charge in [0.1, 0.15) is 5.82 Å². The Morgan fingerprint density at radius 2 is 1.80 bits per heavy atom. The zero-order valence-electron chi connectivity index (χ0n) is 15.9. The van der Waals surface area contributed by atoms with E-state index >= 15 is 0 Å². The van der Waals surface area contributed by atoms with Gasteiger partial charge in [-0.05, 0) is 42.8 Å². The van der Waals surface area contributed by atoms with E-state index < -0.39 is 11.9 Å². The van der Waals surface area contributed by atoms with E-state index in [-0.39, 0.29) is 17.7 Å². The van der Waals surface area contributed by atoms with Gasteiger partial charge in [-0.1, -0.05) is 12.1 Å². The van der Waals surface area contributed by atoms with Crippen molar-refractivity contribution < 1.29 is 13.2 Å². The Bertz CT molecular complexity index is 1110. The first-order chi connectivity index (χ1) is 14.4. The van der Waals surface area contributed by atoms with Gasteiger partial charge in [0.2, 0.25) is 0 Å². The number of nitrogens with zero attached hydrogens (tertiary/aromatic N) is 5. The molecule has 0 spiro atoms. The van der Waals surface area contributed by atoms with Crippen molar-refractivity contribution in [1.29, 1.82) is 0 Å². The van der Waals surface area contributed by atoms with E-state index in [9.17, 15) is 13.2 Å². The number of benzene rings is 1. The van der Waals surface area contributed by atoms with E-state index in [0.717, 1.165) is 17.3 Å². The second kappa shape index (κ2) is 7.94. The number of alkyl halides is 3. The molecule has 0 aliphatic rings. The summed E-state index contributed by atoms with van der Waals surface area (Å²) in [5.41, 5.74) is 1.17. The van der Waals surface area contributed by atoms with E-state index in [1.165, 1.54) is 12.4 Å². The lowest BCUT2D eigenvalue weighted by atomic mass is 10.1. The molecule has 3 aromatic heterocycles. The summed E-state index contributed by atoms with van der Waals surface area (Å²) in [5, 5.41) is 7.21. The van der Waals surface area contributed by atoms with Gasteiger partial charge in [0, 0.05) is 42.5 Å². The highest BCUT2D eigenvalue weighted by Crippen LogP contribution is 2.31. The lowest BCUT2D eigenvalue weighted by Gasteiger charge is -2.17. The molecule has 0 radical (unpaired) electrons. The van der Waals surface area contributed by atoms with Gasteiger partial charge in [0.05, 0.1) is 5.69 Å². The summed E-state index contributed by atoms with van der Waals surface area (Å²) in [5.74, 6) is 0.0430. The molecule has 1 aromatic carbocycles. The highest BCUT2D eigenvalue weighted by Gasteiger charge is 2.34. The van der Waals surface area contributed by atoms with Crippen LogP contribution in [0.15, 0.2) is 73.3 Å². The van der Waals surface area contributed by atoms with Crippen LogP contribution >= 0.6 is 0 Å². The third-order valence-corrected chi connectivity index (χ3v) is 4.46. The van der Waals surface area contributed by atoms with Crippen LogP contribution < -0.4 is 5.32 Å². The molecule has 0 saturated carbocycles. The van der Waals surface area contributed by atoms with Crippen LogP contribution in [0.4, 0.5) is 19.0 Å². The average molecular weight is 410 g/mol. The fourth-order valence-electron chi connectivity index (χ4n) is 2.93. The van der Waals surface area contributed by atoms with Gasteiger partial charge in [-0.15, -0.1) is 0 Å². The van der Waals surface area contributed by atoms with Crippen LogP contribution in [0.2, 0.25) is 0 Å². The molecule has 9 heteroatoms. The molecule has 0 aliphatic heterocycles. The number of rotatable bonds is 5. The van der Waals surface area contributed by atoms with Crippen LogP contribution in [-0.4, -0.2) is 24.7 Å². The van der Waals surface area contributed by atoms with Gasteiger partial charge in [-0.3, -0.25) is 4.98 Å². The van der Waals surface area contributed by atoms with Crippen molar-refractivity contribution in [2.75, 3.05) is 5.32 Å². The number of aromatic nitrogens is 5. The van der Waals surface area contributed by atoms with Crippen molar-refractivity contribution in [3.05, 3.63) is 84.6 Å². The number of hydrogen-bond donors (Lipinski definition) is 1. The molecule has 6 nitrogen and oxygen atoms in total. The van der Waals surface area contributed by atoms with E-state index in [1.807, 2.05) is 43.5 Å². The van der Waals surface area contributed by atoms with Crippen LogP contribution in [0.3, 0.4) is 0 Å². The Morgan fingerprint density at radius 3 is 2.43 bits per heavy atom. The third kappa shape index (κ3) is 4.29. The van der Waals surface area contributed by atoms with E-state index in [0.29, 0.717) is 5.56 Å². The van der Waals surface area contributed by atoms with Crippen molar-refractivity contribution in [3.63, 3.8) is 0 Å². The minimum atomic E-state index is -4.59. The Hall–Kier alpha value is -3.75. The molecular weight excluding hydrogens is 393 g/mol. The van der Waals surface area contributed by atoms with E-state index in [1.54, 1.807) is 23.0 Å². The zero-order chi connectivity index (χ0) is 21.1. The first kappa shape index (κ1) is 19.6. The van der Waals surface area contributed by atoms with Crippen LogP contribution in [0.1, 0.15) is 24.2 Å². The molecule has 4 rings (SSSR count). The predicted octanol–water partition coefficient (Wildman–Crippen LogP) is 4.92. The van der Waals surface area contributed by atoms with Gasteiger partial charge < -0.3 is 5.32 Å². The second-order valence-corrected chi connectivity index (χ2v) is 6.61. The molecule has 3 heterocycles. The smallest absolute Gasteiger partial charge is 0.363 e. The van der Waals surface area contributed by atoms with Crippen molar-refractivity contribution in [1.82, 2.24) is 24.7 Å². The summed E-state index contributed by atoms with van der Waals surface area (Å²) in [6.07, 6.45) is 1.88. The Morgan fingerprint density at radius 1 is 1.00 bits per heavy atom. The van der Waals surface area contributed by atoms with E-state index in [4.69, 9.17) is 0 Å². The summed E-state index contributed by atoms with van der Waals surface area (Å²) in [6, 6.07) is 13.3. The minimum absolute atomic E-state index is 0.0401. The Balaban J connectivity index is 1.61. The lowest BCUT2D eigenvalue weighted by molar-refractivity contribution is -0.141. The van der Waals surface area contributed by atoms with Crippen LogP contribution in [0.25, 0.3) is 17.1 Å². The molecule has 0 amide bonds. The molecule has 152 valence electrons. The molecule has 0 bridgehead atoms. The average Bonchev–Trinajstić information content (AvgIpc) is 3.28. The lowest BCUT2D eigenvalue weighted by Crippen LogP contribution is -2.14. The molecule has 4 aromatic rings. The summed E-state index contributed by atoms with van der Waals surface area (Å²) in [6.45, 7) is 1.85. The number of pyridine rings is 1. The highest BCUT2D eigenvalue weighted by molar-refractivity contribution is 5.57. The van der Waals surface area contributed by atoms with Gasteiger partial charge in [-0.2, -0.15) is 18.3 Å². The van der Waals surface area contributed by atoms with Crippen molar-refractivity contribution in [3.8, 4) is 17.1 Å². The van der Waals surface area contributed by atoms with Gasteiger partial charge in [-0.25, -0.2) is 14.6 Å². The fraction of sp³-hybridized carbons (Fsp3) is 0.143. The third-order valence-electron chi connectivity index (χ3n) is 4.46. The quantitative estimate of drug-likeness (QED) is 0.506. The molecule has 1 N–H and O–H groups in total. The number of anilines is 1. The first-order valence-electron chi connectivity index (χ1n) is 9.13. The van der Waals surface area contributed by atoms with Crippen molar-refractivity contribution >= 4 is 5.82 Å². The van der Waals surface area contributed by atoms with E-state index in [2.05, 4.69) is 25.4 Å². The number of hydrogen-bond acceptors (Lipinski definition) is 5. The number of halogens is 3. The molecule has 30 heavy (non-hydrogen) atoms. The second-order valence-electron chi connectivity index (χ2n) is 6.61. The number of nitrogens with one attached hydrogen (secondary N) is 1. The highest BCUT2D eigenvalue weighted by atomic mass is 19.4. The zero-order valence-corrected chi connectivity index (χ0v) is 15.9. The van der Waals surface area contributed by atoms with Gasteiger partial charge >= 0.3 is 6.18 Å². The summed E-state index contributed by atoms with van der Waals surface area (Å²) in [7, 11) is 0. The maximum absolute atomic E-state index is 13.4. The molecular formula is C21H17F3N6. The fourth-order valence-corrected chi connectivity index (χ4v) is 2.93. The molecule has 1 atom stereocenters. The minimum Gasteiger partial charge on any atom is -0.363 e. The van der Waals surface area contributed by atoms with Crippen molar-refractivity contribution in [2.24, 2.45) is 0 Å². The molecule has 0 fully saturated rings. The molecule has 1 unspecified atom stereocenters. The summed E-state index contributed by atoms with van der Waals surface area (Å²) < 4.78 is 41.8. The normalized spacial score (nSPS) is 12.5. The first-order valence-corrected chi connectivity index (χ1v) is 9.13. The maximum atomic E-state index is 13.4. The summed E-state index contributed by atoms with van der Waals surface area (Å²) >= 11 is 0. The monoisotopic (exact) mass is 410 g/mol. The van der Waals surface area contributed by atoms with Gasteiger partial charge in [0.25, 0.3) is 0 Å². The van der Waals surface area contributed by atoms with Crippen LogP contribution in [0.5, 0.6) is 0 Å². The van der Waals surface area contributed by atoms with Crippen molar-refractivity contribution in [2.45, 2.75) is 19.1 Å².